The number of nitrogens with zero attached hydrogens (tertiary/aromatic N) is 1. The van der Waals surface area contributed by atoms with Crippen molar-refractivity contribution in [1.29, 1.82) is 0 Å². The van der Waals surface area contributed by atoms with Crippen LogP contribution >= 0.6 is 0 Å². The summed E-state index contributed by atoms with van der Waals surface area (Å²) in [7, 11) is -3.70. The summed E-state index contributed by atoms with van der Waals surface area (Å²) < 4.78 is 28.3. The summed E-state index contributed by atoms with van der Waals surface area (Å²) in [5, 5.41) is 5.11. The third-order valence-electron chi connectivity index (χ3n) is 3.23. The normalized spacial score (nSPS) is 11.5. The van der Waals surface area contributed by atoms with Gasteiger partial charge in [-0.05, 0) is 12.1 Å². The van der Waals surface area contributed by atoms with Gasteiger partial charge < -0.3 is 4.42 Å². The lowest BCUT2D eigenvalue weighted by Gasteiger charge is -2.03. The standard InChI is InChI=1S/C16H14N2O3S/c1-11-18-15(16(21-11)13-5-3-2-4-6-13)12-7-9-14(10-8-12)22(17,19)20/h2-10H,1H3,(H2,17,19,20). The van der Waals surface area contributed by atoms with Gasteiger partial charge in [0.1, 0.15) is 5.69 Å². The van der Waals surface area contributed by atoms with E-state index < -0.39 is 10.0 Å². The summed E-state index contributed by atoms with van der Waals surface area (Å²) >= 11 is 0. The fourth-order valence-corrected chi connectivity index (χ4v) is 2.73. The molecule has 3 rings (SSSR count). The van der Waals surface area contributed by atoms with Crippen LogP contribution in [0.25, 0.3) is 22.6 Å². The first-order valence-electron chi connectivity index (χ1n) is 6.61. The van der Waals surface area contributed by atoms with Gasteiger partial charge in [-0.2, -0.15) is 0 Å². The maximum atomic E-state index is 11.3. The van der Waals surface area contributed by atoms with Crippen LogP contribution in [0.2, 0.25) is 0 Å². The Balaban J connectivity index is 2.10. The Morgan fingerprint density at radius 3 is 2.18 bits per heavy atom. The Morgan fingerprint density at radius 1 is 0.955 bits per heavy atom. The number of sulfonamides is 1. The molecule has 0 saturated carbocycles. The van der Waals surface area contributed by atoms with Gasteiger partial charge in [-0.25, -0.2) is 18.5 Å². The van der Waals surface area contributed by atoms with Crippen LogP contribution in [0.4, 0.5) is 0 Å². The van der Waals surface area contributed by atoms with Crippen LogP contribution < -0.4 is 5.14 Å². The number of aryl methyl sites for hydroxylation is 1. The second-order valence-electron chi connectivity index (χ2n) is 4.85. The molecule has 0 aliphatic rings. The number of aromatic nitrogens is 1. The van der Waals surface area contributed by atoms with Gasteiger partial charge in [0, 0.05) is 18.1 Å². The van der Waals surface area contributed by atoms with Gasteiger partial charge >= 0.3 is 0 Å². The zero-order valence-corrected chi connectivity index (χ0v) is 12.7. The van der Waals surface area contributed by atoms with Crippen molar-refractivity contribution in [2.24, 2.45) is 5.14 Å². The summed E-state index contributed by atoms with van der Waals surface area (Å²) in [6, 6.07) is 15.9. The zero-order chi connectivity index (χ0) is 15.7. The molecule has 0 fully saturated rings. The van der Waals surface area contributed by atoms with Crippen molar-refractivity contribution in [2.75, 3.05) is 0 Å². The van der Waals surface area contributed by atoms with Crippen molar-refractivity contribution in [3.8, 4) is 22.6 Å². The highest BCUT2D eigenvalue weighted by molar-refractivity contribution is 7.89. The van der Waals surface area contributed by atoms with Crippen LogP contribution in [0.5, 0.6) is 0 Å². The molecule has 5 nitrogen and oxygen atoms in total. The molecule has 0 aliphatic carbocycles. The van der Waals surface area contributed by atoms with E-state index in [1.165, 1.54) is 12.1 Å². The maximum absolute atomic E-state index is 11.3. The van der Waals surface area contributed by atoms with Gasteiger partial charge in [-0.3, -0.25) is 0 Å². The summed E-state index contributed by atoms with van der Waals surface area (Å²) in [5.74, 6) is 1.20. The van der Waals surface area contributed by atoms with Crippen LogP contribution in [0.1, 0.15) is 5.89 Å². The summed E-state index contributed by atoms with van der Waals surface area (Å²) in [4.78, 5) is 4.47. The molecule has 1 aromatic heterocycles. The molecular weight excluding hydrogens is 300 g/mol. The molecule has 2 N–H and O–H groups in total. The molecule has 3 aromatic rings. The average Bonchev–Trinajstić information content (AvgIpc) is 2.89. The molecule has 22 heavy (non-hydrogen) atoms. The molecule has 2 aromatic carbocycles. The lowest BCUT2D eigenvalue weighted by Crippen LogP contribution is -2.11. The SMILES string of the molecule is Cc1nc(-c2ccc(S(N)(=O)=O)cc2)c(-c2ccccc2)o1. The van der Waals surface area contributed by atoms with Gasteiger partial charge in [0.05, 0.1) is 4.90 Å². The predicted molar refractivity (Wildman–Crippen MR) is 83.5 cm³/mol. The highest BCUT2D eigenvalue weighted by Gasteiger charge is 2.16. The van der Waals surface area contributed by atoms with Gasteiger partial charge in [0.25, 0.3) is 0 Å². The van der Waals surface area contributed by atoms with E-state index in [1.54, 1.807) is 19.1 Å². The molecule has 0 radical (unpaired) electrons. The van der Waals surface area contributed by atoms with Gasteiger partial charge in [-0.15, -0.1) is 0 Å². The van der Waals surface area contributed by atoms with Crippen molar-refractivity contribution in [3.05, 3.63) is 60.5 Å². The van der Waals surface area contributed by atoms with Crippen molar-refractivity contribution in [2.45, 2.75) is 11.8 Å². The fraction of sp³-hybridized carbons (Fsp3) is 0.0625. The van der Waals surface area contributed by atoms with Crippen molar-refractivity contribution in [3.63, 3.8) is 0 Å². The van der Waals surface area contributed by atoms with E-state index in [4.69, 9.17) is 9.56 Å². The minimum Gasteiger partial charge on any atom is -0.440 e. The van der Waals surface area contributed by atoms with Gasteiger partial charge in [-0.1, -0.05) is 42.5 Å². The third-order valence-corrected chi connectivity index (χ3v) is 4.16. The minimum absolute atomic E-state index is 0.0673. The number of rotatable bonds is 3. The van der Waals surface area contributed by atoms with Crippen molar-refractivity contribution < 1.29 is 12.8 Å². The zero-order valence-electron chi connectivity index (χ0n) is 11.9. The van der Waals surface area contributed by atoms with Crippen LogP contribution in [0.15, 0.2) is 63.9 Å². The van der Waals surface area contributed by atoms with E-state index in [0.29, 0.717) is 17.3 Å². The highest BCUT2D eigenvalue weighted by Crippen LogP contribution is 2.32. The first kappa shape index (κ1) is 14.5. The molecule has 0 atom stereocenters. The number of primary sulfonamides is 1. The first-order valence-corrected chi connectivity index (χ1v) is 8.16. The van der Waals surface area contributed by atoms with Crippen molar-refractivity contribution >= 4 is 10.0 Å². The molecule has 0 amide bonds. The van der Waals surface area contributed by atoms with Crippen LogP contribution in [-0.2, 0) is 10.0 Å². The third kappa shape index (κ3) is 2.79. The summed E-state index contributed by atoms with van der Waals surface area (Å²) in [5.41, 5.74) is 2.35. The Morgan fingerprint density at radius 2 is 1.59 bits per heavy atom. The van der Waals surface area contributed by atoms with Gasteiger partial charge in [0.15, 0.2) is 11.7 Å². The summed E-state index contributed by atoms with van der Waals surface area (Å²) in [6.45, 7) is 1.77. The highest BCUT2D eigenvalue weighted by atomic mass is 32.2. The lowest BCUT2D eigenvalue weighted by atomic mass is 10.1. The number of benzene rings is 2. The average molecular weight is 314 g/mol. The van der Waals surface area contributed by atoms with E-state index in [0.717, 1.165) is 11.1 Å². The topological polar surface area (TPSA) is 86.2 Å². The second kappa shape index (κ2) is 5.40. The number of hydrogen-bond donors (Lipinski definition) is 1. The maximum Gasteiger partial charge on any atom is 0.238 e. The Bertz CT molecular complexity index is 898. The largest absolute Gasteiger partial charge is 0.440 e. The number of hydrogen-bond acceptors (Lipinski definition) is 4. The lowest BCUT2D eigenvalue weighted by molar-refractivity contribution is 0.534. The van der Waals surface area contributed by atoms with Crippen LogP contribution in [-0.4, -0.2) is 13.4 Å². The molecule has 0 unspecified atom stereocenters. The number of oxazole rings is 1. The van der Waals surface area contributed by atoms with E-state index >= 15 is 0 Å². The monoisotopic (exact) mass is 314 g/mol. The Hall–Kier alpha value is -2.44. The Labute approximate surface area is 128 Å². The van der Waals surface area contributed by atoms with E-state index in [1.807, 2.05) is 30.3 Å². The molecule has 0 spiro atoms. The molecule has 0 aliphatic heterocycles. The Kier molecular flexibility index (Phi) is 3.56. The quantitative estimate of drug-likeness (QED) is 0.805. The van der Waals surface area contributed by atoms with E-state index in [9.17, 15) is 8.42 Å². The molecule has 6 heteroatoms. The molecular formula is C16H14N2O3S. The minimum atomic E-state index is -3.70. The molecule has 0 bridgehead atoms. The van der Waals surface area contributed by atoms with E-state index in [2.05, 4.69) is 4.98 Å². The van der Waals surface area contributed by atoms with Crippen LogP contribution in [0, 0.1) is 6.92 Å². The van der Waals surface area contributed by atoms with Crippen LogP contribution in [0.3, 0.4) is 0 Å². The molecule has 1 heterocycles. The first-order chi connectivity index (χ1) is 10.4. The summed E-state index contributed by atoms with van der Waals surface area (Å²) in [6.07, 6.45) is 0. The van der Waals surface area contributed by atoms with Gasteiger partial charge in [0.2, 0.25) is 10.0 Å². The fourth-order valence-electron chi connectivity index (χ4n) is 2.21. The molecule has 112 valence electrons. The van der Waals surface area contributed by atoms with Crippen molar-refractivity contribution in [1.82, 2.24) is 4.98 Å². The predicted octanol–water partition coefficient (Wildman–Crippen LogP) is 2.96. The molecule has 0 saturated heterocycles. The number of nitrogens with two attached hydrogens (primary N) is 1. The second-order valence-corrected chi connectivity index (χ2v) is 6.41. The smallest absolute Gasteiger partial charge is 0.238 e. The van der Waals surface area contributed by atoms with E-state index in [-0.39, 0.29) is 4.90 Å².